The molecule has 0 radical (unpaired) electrons. The van der Waals surface area contributed by atoms with Crippen LogP contribution in [0.15, 0.2) is 42.7 Å². The summed E-state index contributed by atoms with van der Waals surface area (Å²) < 4.78 is 5.60. The van der Waals surface area contributed by atoms with Gasteiger partial charge in [-0.1, -0.05) is 13.0 Å². The molecular formula is C24H27NO3. The fourth-order valence-corrected chi connectivity index (χ4v) is 6.25. The van der Waals surface area contributed by atoms with Gasteiger partial charge in [0, 0.05) is 12.4 Å². The number of ether oxygens (including phenoxy) is 1. The molecular weight excluding hydrogens is 350 g/mol. The first-order chi connectivity index (χ1) is 13.6. The number of aliphatic hydroxyl groups excluding tert-OH is 1. The minimum atomic E-state index is -0.343. The molecule has 0 saturated heterocycles. The van der Waals surface area contributed by atoms with Gasteiger partial charge in [-0.05, 0) is 97.1 Å². The molecule has 146 valence electrons. The van der Waals surface area contributed by atoms with Crippen LogP contribution in [0.5, 0.6) is 5.75 Å². The Labute approximate surface area is 166 Å². The molecule has 0 unspecified atom stereocenters. The topological polar surface area (TPSA) is 59.4 Å². The van der Waals surface area contributed by atoms with Gasteiger partial charge in [-0.3, -0.25) is 4.98 Å². The highest BCUT2D eigenvalue weighted by atomic mass is 16.5. The van der Waals surface area contributed by atoms with Crippen LogP contribution in [0.3, 0.4) is 0 Å². The highest BCUT2D eigenvalue weighted by molar-refractivity contribution is 5.90. The molecule has 0 bridgehead atoms. The summed E-state index contributed by atoms with van der Waals surface area (Å²) in [6.07, 6.45) is 9.65. The van der Waals surface area contributed by atoms with Gasteiger partial charge < -0.3 is 9.84 Å². The SMILES string of the molecule is C[C@]12CC[C@@H]3c4ccc(OC(=O)c5ccncc5)cc4CC[C@H]3[C@@H]1CC[C@@H]2O. The molecule has 2 fully saturated rings. The largest absolute Gasteiger partial charge is 0.423 e. The average molecular weight is 377 g/mol. The minimum Gasteiger partial charge on any atom is -0.423 e. The van der Waals surface area contributed by atoms with Crippen molar-refractivity contribution >= 4 is 5.97 Å². The third-order valence-corrected chi connectivity index (χ3v) is 7.77. The van der Waals surface area contributed by atoms with Crippen molar-refractivity contribution in [1.82, 2.24) is 4.98 Å². The molecule has 1 N–H and O–H groups in total. The molecule has 3 aliphatic rings. The lowest BCUT2D eigenvalue weighted by atomic mass is 9.55. The number of carbonyl (C=O) groups is 1. The number of aromatic nitrogens is 1. The first-order valence-corrected chi connectivity index (χ1v) is 10.5. The van der Waals surface area contributed by atoms with Crippen LogP contribution in [0.4, 0.5) is 0 Å². The molecule has 0 amide bonds. The third-order valence-electron chi connectivity index (χ3n) is 7.77. The van der Waals surface area contributed by atoms with E-state index in [1.807, 2.05) is 6.07 Å². The number of benzene rings is 1. The molecule has 2 aromatic rings. The summed E-state index contributed by atoms with van der Waals surface area (Å²) in [6.45, 7) is 2.31. The number of hydrogen-bond donors (Lipinski definition) is 1. The third kappa shape index (κ3) is 2.77. The number of hydrogen-bond acceptors (Lipinski definition) is 4. The van der Waals surface area contributed by atoms with Crippen molar-refractivity contribution in [3.8, 4) is 5.75 Å². The van der Waals surface area contributed by atoms with Gasteiger partial charge in [-0.25, -0.2) is 4.79 Å². The highest BCUT2D eigenvalue weighted by Gasteiger charge is 2.54. The van der Waals surface area contributed by atoms with Crippen molar-refractivity contribution in [3.63, 3.8) is 0 Å². The molecule has 28 heavy (non-hydrogen) atoms. The van der Waals surface area contributed by atoms with Crippen LogP contribution in [0, 0.1) is 17.3 Å². The second kappa shape index (κ2) is 6.70. The highest BCUT2D eigenvalue weighted by Crippen LogP contribution is 2.60. The van der Waals surface area contributed by atoms with Gasteiger partial charge in [0.2, 0.25) is 0 Å². The molecule has 1 heterocycles. The second-order valence-corrected chi connectivity index (χ2v) is 9.04. The smallest absolute Gasteiger partial charge is 0.343 e. The molecule has 5 atom stereocenters. The van der Waals surface area contributed by atoms with Crippen molar-refractivity contribution in [3.05, 3.63) is 59.4 Å². The molecule has 1 aromatic carbocycles. The van der Waals surface area contributed by atoms with Crippen molar-refractivity contribution < 1.29 is 14.6 Å². The van der Waals surface area contributed by atoms with Crippen LogP contribution in [0.25, 0.3) is 0 Å². The predicted octanol–water partition coefficient (Wildman–Crippen LogP) is 4.52. The van der Waals surface area contributed by atoms with E-state index in [9.17, 15) is 9.90 Å². The molecule has 5 rings (SSSR count). The molecule has 2 saturated carbocycles. The van der Waals surface area contributed by atoms with Crippen LogP contribution < -0.4 is 4.74 Å². The van der Waals surface area contributed by atoms with Crippen molar-refractivity contribution in [2.45, 2.75) is 57.5 Å². The van der Waals surface area contributed by atoms with Crippen LogP contribution in [0.2, 0.25) is 0 Å². The summed E-state index contributed by atoms with van der Waals surface area (Å²) in [6, 6.07) is 9.51. The summed E-state index contributed by atoms with van der Waals surface area (Å²) in [4.78, 5) is 16.3. The summed E-state index contributed by atoms with van der Waals surface area (Å²) in [7, 11) is 0. The number of pyridine rings is 1. The number of fused-ring (bicyclic) bond motifs is 5. The van der Waals surface area contributed by atoms with Gasteiger partial charge in [-0.2, -0.15) is 0 Å². The molecule has 1 aromatic heterocycles. The van der Waals surface area contributed by atoms with Gasteiger partial charge in [0.25, 0.3) is 0 Å². The number of aryl methyl sites for hydroxylation is 1. The van der Waals surface area contributed by atoms with Crippen LogP contribution >= 0.6 is 0 Å². The normalized spacial score (nSPS) is 33.5. The summed E-state index contributed by atoms with van der Waals surface area (Å²) >= 11 is 0. The van der Waals surface area contributed by atoms with Gasteiger partial charge >= 0.3 is 5.97 Å². The number of rotatable bonds is 2. The predicted molar refractivity (Wildman–Crippen MR) is 106 cm³/mol. The van der Waals surface area contributed by atoms with E-state index in [0.29, 0.717) is 29.1 Å². The van der Waals surface area contributed by atoms with E-state index < -0.39 is 0 Å². The fraction of sp³-hybridized carbons (Fsp3) is 0.500. The molecule has 3 aliphatic carbocycles. The zero-order valence-electron chi connectivity index (χ0n) is 16.3. The van der Waals surface area contributed by atoms with Gasteiger partial charge in [-0.15, -0.1) is 0 Å². The lowest BCUT2D eigenvalue weighted by molar-refractivity contribution is -0.0226. The maximum Gasteiger partial charge on any atom is 0.343 e. The number of nitrogens with zero attached hydrogens (tertiary/aromatic N) is 1. The summed E-state index contributed by atoms with van der Waals surface area (Å²) in [5, 5.41) is 10.5. The van der Waals surface area contributed by atoms with Crippen molar-refractivity contribution in [1.29, 1.82) is 0 Å². The average Bonchev–Trinajstić information content (AvgIpc) is 3.03. The van der Waals surface area contributed by atoms with Gasteiger partial charge in [0.05, 0.1) is 11.7 Å². The monoisotopic (exact) mass is 377 g/mol. The summed E-state index contributed by atoms with van der Waals surface area (Å²) in [5.41, 5.74) is 3.38. The van der Waals surface area contributed by atoms with E-state index in [0.717, 1.165) is 32.1 Å². The van der Waals surface area contributed by atoms with E-state index in [4.69, 9.17) is 4.74 Å². The Morgan fingerprint density at radius 2 is 1.96 bits per heavy atom. The Morgan fingerprint density at radius 3 is 2.79 bits per heavy atom. The Hall–Kier alpha value is -2.20. The van der Waals surface area contributed by atoms with Gasteiger partial charge in [0.1, 0.15) is 5.75 Å². The van der Waals surface area contributed by atoms with Gasteiger partial charge in [0.15, 0.2) is 0 Å². The van der Waals surface area contributed by atoms with E-state index >= 15 is 0 Å². The number of carbonyl (C=O) groups excluding carboxylic acids is 1. The number of aliphatic hydroxyl groups is 1. The van der Waals surface area contributed by atoms with E-state index in [1.54, 1.807) is 24.5 Å². The molecule has 4 nitrogen and oxygen atoms in total. The maximum atomic E-state index is 12.3. The zero-order valence-corrected chi connectivity index (χ0v) is 16.3. The van der Waals surface area contributed by atoms with E-state index in [1.165, 1.54) is 17.5 Å². The van der Waals surface area contributed by atoms with Crippen LogP contribution in [0.1, 0.15) is 66.4 Å². The van der Waals surface area contributed by atoms with Crippen molar-refractivity contribution in [2.75, 3.05) is 0 Å². The van der Waals surface area contributed by atoms with Crippen LogP contribution in [-0.4, -0.2) is 22.2 Å². The fourth-order valence-electron chi connectivity index (χ4n) is 6.25. The standard InChI is InChI=1S/C24H27NO3/c1-24-11-8-19-18-5-3-17(28-23(27)15-9-12-25-13-10-15)14-16(18)2-4-20(19)21(24)6-7-22(24)26/h3,5,9-10,12-14,19-22,26H,2,4,6-8,11H2,1H3/t19-,20-,21+,22+,24+/m1/s1. The minimum absolute atomic E-state index is 0.110. The van der Waals surface area contributed by atoms with E-state index in [2.05, 4.69) is 24.0 Å². The molecule has 4 heteroatoms. The Kier molecular flexibility index (Phi) is 4.27. The molecule has 0 aliphatic heterocycles. The molecule has 0 spiro atoms. The van der Waals surface area contributed by atoms with E-state index in [-0.39, 0.29) is 17.5 Å². The maximum absolute atomic E-state index is 12.3. The first-order valence-electron chi connectivity index (χ1n) is 10.5. The Balaban J connectivity index is 1.37. The first kappa shape index (κ1) is 17.9. The quantitative estimate of drug-likeness (QED) is 0.618. The Bertz CT molecular complexity index is 896. The zero-order chi connectivity index (χ0) is 19.3. The van der Waals surface area contributed by atoms with Crippen molar-refractivity contribution in [2.24, 2.45) is 17.3 Å². The Morgan fingerprint density at radius 1 is 1.14 bits per heavy atom. The number of esters is 1. The second-order valence-electron chi connectivity index (χ2n) is 9.04. The van der Waals surface area contributed by atoms with Crippen LogP contribution in [-0.2, 0) is 6.42 Å². The summed E-state index contributed by atoms with van der Waals surface area (Å²) in [5.74, 6) is 2.17. The lowest BCUT2D eigenvalue weighted by Crippen LogP contribution is -2.43. The lowest BCUT2D eigenvalue weighted by Gasteiger charge is -2.50.